The van der Waals surface area contributed by atoms with Gasteiger partial charge in [0.25, 0.3) is 0 Å². The third-order valence-electron chi connectivity index (χ3n) is 4.45. The fourth-order valence-corrected chi connectivity index (χ4v) is 3.21. The molecule has 33 heavy (non-hydrogen) atoms. The predicted molar refractivity (Wildman–Crippen MR) is 129 cm³/mol. The second-order valence-electron chi connectivity index (χ2n) is 8.08. The second kappa shape index (κ2) is 12.9. The van der Waals surface area contributed by atoms with Gasteiger partial charge >= 0.3 is 12.1 Å². The molecule has 2 unspecified atom stereocenters. The number of esters is 1. The summed E-state index contributed by atoms with van der Waals surface area (Å²) in [4.78, 5) is 51.6. The Morgan fingerprint density at radius 1 is 1.24 bits per heavy atom. The highest BCUT2D eigenvalue weighted by atomic mass is 32.1. The molecule has 0 saturated carbocycles. The van der Waals surface area contributed by atoms with Gasteiger partial charge in [0.2, 0.25) is 11.8 Å². The van der Waals surface area contributed by atoms with Gasteiger partial charge in [-0.05, 0) is 44.9 Å². The summed E-state index contributed by atoms with van der Waals surface area (Å²) in [7, 11) is 1.21. The molecule has 10 heteroatoms. The van der Waals surface area contributed by atoms with Crippen LogP contribution in [0.4, 0.5) is 4.79 Å². The van der Waals surface area contributed by atoms with Gasteiger partial charge < -0.3 is 25.0 Å². The van der Waals surface area contributed by atoms with Gasteiger partial charge in [0.05, 0.1) is 7.11 Å². The zero-order valence-corrected chi connectivity index (χ0v) is 20.6. The first-order valence-corrected chi connectivity index (χ1v) is 11.1. The number of alkyl carbamates (subject to hydrolysis) is 1. The third kappa shape index (κ3) is 8.80. The molecular formula is C23H33N3O6S. The van der Waals surface area contributed by atoms with Crippen molar-refractivity contribution in [3.63, 3.8) is 0 Å². The molecule has 9 nitrogen and oxygen atoms in total. The number of nitrogens with zero attached hydrogens (tertiary/aromatic N) is 1. The van der Waals surface area contributed by atoms with E-state index in [4.69, 9.17) is 4.74 Å². The Hall–Kier alpha value is -3.01. The van der Waals surface area contributed by atoms with Crippen LogP contribution in [-0.4, -0.2) is 66.4 Å². The smallest absolute Gasteiger partial charge is 0.408 e. The van der Waals surface area contributed by atoms with Crippen molar-refractivity contribution in [3.8, 4) is 0 Å². The minimum Gasteiger partial charge on any atom is -0.468 e. The molecule has 0 aliphatic heterocycles. The Balaban J connectivity index is 3.28. The van der Waals surface area contributed by atoms with E-state index in [1.165, 1.54) is 12.0 Å². The maximum Gasteiger partial charge on any atom is 0.408 e. The SMILES string of the molecule is C=Cc1cccc(C(C(=O)NCC(=O)OC)N(CC)C(=O)C(CS)NC(=O)OC(C)(C)C)c1. The zero-order chi connectivity index (χ0) is 25.2. The maximum absolute atomic E-state index is 13.4. The summed E-state index contributed by atoms with van der Waals surface area (Å²) in [5, 5.41) is 5.02. The minimum absolute atomic E-state index is 0.0161. The average molecular weight is 480 g/mol. The Labute approximate surface area is 200 Å². The molecule has 0 bridgehead atoms. The van der Waals surface area contributed by atoms with E-state index in [0.29, 0.717) is 5.56 Å². The van der Waals surface area contributed by atoms with Crippen molar-refractivity contribution >= 4 is 42.6 Å². The van der Waals surface area contributed by atoms with E-state index in [1.807, 2.05) is 0 Å². The van der Waals surface area contributed by atoms with Crippen LogP contribution in [0.25, 0.3) is 6.08 Å². The van der Waals surface area contributed by atoms with Crippen LogP contribution in [0.2, 0.25) is 0 Å². The lowest BCUT2D eigenvalue weighted by Gasteiger charge is -2.33. The highest BCUT2D eigenvalue weighted by Gasteiger charge is 2.35. The van der Waals surface area contributed by atoms with Gasteiger partial charge in [-0.25, -0.2) is 4.79 Å². The van der Waals surface area contributed by atoms with Gasteiger partial charge in [-0.2, -0.15) is 12.6 Å². The van der Waals surface area contributed by atoms with Crippen LogP contribution in [-0.2, 0) is 23.9 Å². The van der Waals surface area contributed by atoms with Gasteiger partial charge in [0.1, 0.15) is 24.2 Å². The lowest BCUT2D eigenvalue weighted by Crippen LogP contribution is -2.54. The Kier molecular flexibility index (Phi) is 10.9. The van der Waals surface area contributed by atoms with Crippen molar-refractivity contribution < 1.29 is 28.7 Å². The average Bonchev–Trinajstić information content (AvgIpc) is 2.77. The summed E-state index contributed by atoms with van der Waals surface area (Å²) in [6.45, 7) is 10.3. The van der Waals surface area contributed by atoms with Gasteiger partial charge in [-0.15, -0.1) is 0 Å². The number of hydrogen-bond acceptors (Lipinski definition) is 7. The van der Waals surface area contributed by atoms with E-state index in [2.05, 4.69) is 34.6 Å². The van der Waals surface area contributed by atoms with Gasteiger partial charge in [-0.1, -0.05) is 30.9 Å². The van der Waals surface area contributed by atoms with Crippen LogP contribution in [0.5, 0.6) is 0 Å². The number of carbonyl (C=O) groups excluding carboxylic acids is 4. The normalized spacial score (nSPS) is 12.7. The molecular weight excluding hydrogens is 446 g/mol. The van der Waals surface area contributed by atoms with E-state index < -0.39 is 41.6 Å². The van der Waals surface area contributed by atoms with Gasteiger partial charge in [0.15, 0.2) is 0 Å². The molecule has 2 atom stereocenters. The number of hydrogen-bond donors (Lipinski definition) is 3. The first-order valence-electron chi connectivity index (χ1n) is 10.4. The maximum atomic E-state index is 13.4. The molecule has 0 aromatic heterocycles. The Bertz CT molecular complexity index is 868. The van der Waals surface area contributed by atoms with E-state index >= 15 is 0 Å². The summed E-state index contributed by atoms with van der Waals surface area (Å²) in [5.74, 6) is -1.75. The van der Waals surface area contributed by atoms with Crippen LogP contribution >= 0.6 is 12.6 Å². The monoisotopic (exact) mass is 479 g/mol. The fraction of sp³-hybridized carbons (Fsp3) is 0.478. The molecule has 1 rings (SSSR count). The summed E-state index contributed by atoms with van der Waals surface area (Å²) < 4.78 is 9.81. The lowest BCUT2D eigenvalue weighted by atomic mass is 10.0. The molecule has 0 fully saturated rings. The molecule has 0 saturated heterocycles. The predicted octanol–water partition coefficient (Wildman–Crippen LogP) is 2.33. The number of thiol groups is 1. The molecule has 2 N–H and O–H groups in total. The third-order valence-corrected chi connectivity index (χ3v) is 4.82. The number of benzene rings is 1. The lowest BCUT2D eigenvalue weighted by molar-refractivity contribution is -0.144. The fourth-order valence-electron chi connectivity index (χ4n) is 2.96. The van der Waals surface area contributed by atoms with Gasteiger partial charge in [0, 0.05) is 12.3 Å². The molecule has 0 radical (unpaired) electrons. The number of methoxy groups -OCH3 is 1. The largest absolute Gasteiger partial charge is 0.468 e. The first kappa shape index (κ1) is 28.0. The minimum atomic E-state index is -1.07. The van der Waals surface area contributed by atoms with Crippen LogP contribution < -0.4 is 10.6 Å². The summed E-state index contributed by atoms with van der Waals surface area (Å²) in [6.07, 6.45) is 0.845. The standard InChI is InChI=1S/C23H33N3O6S/c1-7-15-10-9-11-16(12-15)19(20(28)24-13-18(27)31-6)26(8-2)21(29)17(14-33)25-22(30)32-23(3,4)5/h7,9-12,17,19,33H,1,8,13-14H2,2-6H3,(H,24,28)(H,25,30). The number of carbonyl (C=O) groups is 4. The molecule has 182 valence electrons. The van der Waals surface area contributed by atoms with E-state index in [-0.39, 0.29) is 18.8 Å². The highest BCUT2D eigenvalue weighted by molar-refractivity contribution is 7.80. The topological polar surface area (TPSA) is 114 Å². The van der Waals surface area contributed by atoms with Gasteiger partial charge in [-0.3, -0.25) is 14.4 Å². The van der Waals surface area contributed by atoms with Crippen molar-refractivity contribution in [1.82, 2.24) is 15.5 Å². The number of rotatable bonds is 10. The Morgan fingerprint density at radius 3 is 2.42 bits per heavy atom. The van der Waals surface area contributed by atoms with Crippen LogP contribution in [0.15, 0.2) is 30.8 Å². The second-order valence-corrected chi connectivity index (χ2v) is 8.44. The Morgan fingerprint density at radius 2 is 1.91 bits per heavy atom. The zero-order valence-electron chi connectivity index (χ0n) is 19.7. The van der Waals surface area contributed by atoms with Crippen molar-refractivity contribution in [2.45, 2.75) is 45.4 Å². The summed E-state index contributed by atoms with van der Waals surface area (Å²) >= 11 is 4.20. The van der Waals surface area contributed by atoms with E-state index in [0.717, 1.165) is 5.56 Å². The summed E-state index contributed by atoms with van der Waals surface area (Å²) in [5.41, 5.74) is 0.514. The van der Waals surface area contributed by atoms with E-state index in [1.54, 1.807) is 58.0 Å². The molecule has 0 aliphatic rings. The van der Waals surface area contributed by atoms with Crippen LogP contribution in [0.1, 0.15) is 44.9 Å². The number of amides is 3. The first-order chi connectivity index (χ1) is 15.5. The molecule has 0 aliphatic carbocycles. The van der Waals surface area contributed by atoms with Crippen molar-refractivity contribution in [2.75, 3.05) is 26.0 Å². The molecule has 3 amide bonds. The summed E-state index contributed by atoms with van der Waals surface area (Å²) in [6, 6.07) is 4.85. The van der Waals surface area contributed by atoms with E-state index in [9.17, 15) is 19.2 Å². The molecule has 0 spiro atoms. The quantitative estimate of drug-likeness (QED) is 0.351. The highest BCUT2D eigenvalue weighted by Crippen LogP contribution is 2.24. The molecule has 1 aromatic carbocycles. The number of likely N-dealkylation sites (N-methyl/N-ethyl adjacent to an activating group) is 1. The van der Waals surface area contributed by atoms with Crippen LogP contribution in [0.3, 0.4) is 0 Å². The van der Waals surface area contributed by atoms with Crippen molar-refractivity contribution in [3.05, 3.63) is 42.0 Å². The van der Waals surface area contributed by atoms with Crippen LogP contribution in [0, 0.1) is 0 Å². The molecule has 1 aromatic rings. The van der Waals surface area contributed by atoms with Crippen molar-refractivity contribution in [1.29, 1.82) is 0 Å². The van der Waals surface area contributed by atoms with Crippen molar-refractivity contribution in [2.24, 2.45) is 0 Å². The molecule has 0 heterocycles. The number of nitrogens with one attached hydrogen (secondary N) is 2. The number of ether oxygens (including phenoxy) is 2.